The Kier molecular flexibility index (Phi) is 4.19. The number of hydrogen-bond acceptors (Lipinski definition) is 3. The third-order valence-corrected chi connectivity index (χ3v) is 3.14. The lowest BCUT2D eigenvalue weighted by Crippen LogP contribution is -1.99. The van der Waals surface area contributed by atoms with Crippen LogP contribution in [0.15, 0.2) is 22.8 Å². The zero-order valence-electron chi connectivity index (χ0n) is 8.02. The number of allylic oxidation sites excluding steroid dienone is 1. The summed E-state index contributed by atoms with van der Waals surface area (Å²) >= 11 is 5.39. The van der Waals surface area contributed by atoms with Gasteiger partial charge in [-0.3, -0.25) is 0 Å². The Morgan fingerprint density at radius 3 is 2.73 bits per heavy atom. The van der Waals surface area contributed by atoms with Gasteiger partial charge in [0.2, 0.25) is 0 Å². The summed E-state index contributed by atoms with van der Waals surface area (Å²) in [6, 6.07) is 0. The van der Waals surface area contributed by atoms with Crippen LogP contribution in [0, 0.1) is 0 Å². The fraction of sp³-hybridized carbons (Fsp3) is 0.375. The lowest BCUT2D eigenvalue weighted by Gasteiger charge is -2.00. The molecule has 0 saturated heterocycles. The first-order chi connectivity index (χ1) is 6.99. The number of hydrogen-bond donors (Lipinski definition) is 0. The van der Waals surface area contributed by atoms with Crippen molar-refractivity contribution in [1.29, 1.82) is 0 Å². The van der Waals surface area contributed by atoms with E-state index in [1.165, 1.54) is 11.7 Å². The minimum absolute atomic E-state index is 0.121. The molecule has 0 fully saturated rings. The van der Waals surface area contributed by atoms with Crippen LogP contribution in [0.1, 0.15) is 12.7 Å². The van der Waals surface area contributed by atoms with Crippen LogP contribution < -0.4 is 0 Å². The maximum atomic E-state index is 11.0. The minimum atomic E-state index is -3.76. The second-order valence-corrected chi connectivity index (χ2v) is 5.57. The molecular formula is C8H10Cl2N2O2S. The van der Waals surface area contributed by atoms with E-state index in [1.54, 1.807) is 10.6 Å². The van der Waals surface area contributed by atoms with E-state index >= 15 is 0 Å². The first-order valence-corrected chi connectivity index (χ1v) is 6.99. The molecule has 1 rings (SSSR count). The predicted octanol–water partition coefficient (Wildman–Crippen LogP) is 2.13. The molecule has 0 aliphatic rings. The Balaban J connectivity index is 3.11. The highest BCUT2D eigenvalue weighted by atomic mass is 35.7. The van der Waals surface area contributed by atoms with Gasteiger partial charge in [-0.15, -0.1) is 0 Å². The van der Waals surface area contributed by atoms with Gasteiger partial charge < -0.3 is 4.57 Å². The van der Waals surface area contributed by atoms with Gasteiger partial charge in [-0.25, -0.2) is 13.4 Å². The van der Waals surface area contributed by atoms with Crippen LogP contribution in [0.3, 0.4) is 0 Å². The molecule has 0 atom stereocenters. The van der Waals surface area contributed by atoms with Crippen molar-refractivity contribution in [2.24, 2.45) is 0 Å². The van der Waals surface area contributed by atoms with Gasteiger partial charge in [0.05, 0.1) is 0 Å². The summed E-state index contributed by atoms with van der Waals surface area (Å²) in [4.78, 5) is 3.92. The molecule has 84 valence electrons. The summed E-state index contributed by atoms with van der Waals surface area (Å²) < 4.78 is 23.8. The predicted molar refractivity (Wildman–Crippen MR) is 59.6 cm³/mol. The quantitative estimate of drug-likeness (QED) is 0.787. The van der Waals surface area contributed by atoms with Crippen molar-refractivity contribution in [3.8, 4) is 0 Å². The molecule has 0 aromatic carbocycles. The Labute approximate surface area is 97.9 Å². The minimum Gasteiger partial charge on any atom is -0.330 e. The molecule has 0 spiro atoms. The number of imidazole rings is 1. The van der Waals surface area contributed by atoms with Crippen molar-refractivity contribution in [1.82, 2.24) is 9.55 Å². The van der Waals surface area contributed by atoms with Crippen LogP contribution in [-0.2, 0) is 22.0 Å². The zero-order chi connectivity index (χ0) is 11.5. The zero-order valence-corrected chi connectivity index (χ0v) is 10.3. The molecule has 15 heavy (non-hydrogen) atoms. The van der Waals surface area contributed by atoms with E-state index in [4.69, 9.17) is 22.3 Å². The lowest BCUT2D eigenvalue weighted by molar-refractivity contribution is 0.606. The number of halogens is 2. The molecule has 0 aliphatic heterocycles. The van der Waals surface area contributed by atoms with Gasteiger partial charge in [0.1, 0.15) is 5.82 Å². The van der Waals surface area contributed by atoms with Crippen LogP contribution in [0.2, 0.25) is 0 Å². The standard InChI is InChI=1S/C8H10Cl2N2O2S/c1-2-7-11-8(15(10,13)14)6-12(7)5-3-4-9/h3-4,6H,2,5H2,1H3/b4-3+. The van der Waals surface area contributed by atoms with E-state index in [1.807, 2.05) is 6.92 Å². The molecule has 0 unspecified atom stereocenters. The van der Waals surface area contributed by atoms with Gasteiger partial charge in [-0.2, -0.15) is 0 Å². The molecule has 0 N–H and O–H groups in total. The number of aromatic nitrogens is 2. The smallest absolute Gasteiger partial charge is 0.280 e. The number of aryl methyl sites for hydroxylation is 1. The summed E-state index contributed by atoms with van der Waals surface area (Å²) in [6.07, 6.45) is 3.72. The van der Waals surface area contributed by atoms with Crippen LogP contribution >= 0.6 is 22.3 Å². The molecule has 7 heteroatoms. The molecule has 1 aromatic heterocycles. The Morgan fingerprint density at radius 1 is 1.60 bits per heavy atom. The summed E-state index contributed by atoms with van der Waals surface area (Å²) in [5, 5.41) is -0.121. The largest absolute Gasteiger partial charge is 0.330 e. The summed E-state index contributed by atoms with van der Waals surface area (Å²) in [5.74, 6) is 0.656. The molecule has 1 aromatic rings. The third kappa shape index (κ3) is 3.22. The van der Waals surface area contributed by atoms with Gasteiger partial charge >= 0.3 is 0 Å². The van der Waals surface area contributed by atoms with Crippen molar-refractivity contribution in [2.45, 2.75) is 24.9 Å². The Bertz CT molecular complexity index is 465. The van der Waals surface area contributed by atoms with E-state index in [-0.39, 0.29) is 5.03 Å². The van der Waals surface area contributed by atoms with Crippen LogP contribution in [-0.4, -0.2) is 18.0 Å². The third-order valence-electron chi connectivity index (χ3n) is 1.79. The molecule has 4 nitrogen and oxygen atoms in total. The fourth-order valence-corrected chi connectivity index (χ4v) is 1.91. The van der Waals surface area contributed by atoms with Crippen molar-refractivity contribution in [3.05, 3.63) is 23.6 Å². The number of nitrogens with zero attached hydrogens (tertiary/aromatic N) is 2. The molecule has 0 amide bonds. The van der Waals surface area contributed by atoms with Crippen LogP contribution in [0.4, 0.5) is 0 Å². The monoisotopic (exact) mass is 268 g/mol. The van der Waals surface area contributed by atoms with Gasteiger partial charge in [0, 0.05) is 35.4 Å². The fourth-order valence-electron chi connectivity index (χ4n) is 1.14. The highest BCUT2D eigenvalue weighted by Gasteiger charge is 2.16. The molecular weight excluding hydrogens is 259 g/mol. The first-order valence-electron chi connectivity index (χ1n) is 4.25. The van der Waals surface area contributed by atoms with Crippen molar-refractivity contribution in [2.75, 3.05) is 0 Å². The molecule has 1 heterocycles. The molecule has 0 saturated carbocycles. The lowest BCUT2D eigenvalue weighted by atomic mass is 10.4. The maximum absolute atomic E-state index is 11.0. The van der Waals surface area contributed by atoms with E-state index in [2.05, 4.69) is 4.98 Å². The Morgan fingerprint density at radius 2 is 2.27 bits per heavy atom. The SMILES string of the molecule is CCc1nc(S(=O)(=O)Cl)cn1C/C=C/Cl. The van der Waals surface area contributed by atoms with Gasteiger partial charge in [0.15, 0.2) is 5.03 Å². The molecule has 0 radical (unpaired) electrons. The summed E-state index contributed by atoms with van der Waals surface area (Å²) in [7, 11) is 1.43. The van der Waals surface area contributed by atoms with E-state index in [0.717, 1.165) is 0 Å². The topological polar surface area (TPSA) is 52.0 Å². The van der Waals surface area contributed by atoms with Gasteiger partial charge in [-0.1, -0.05) is 24.6 Å². The second kappa shape index (κ2) is 5.01. The Hall–Kier alpha value is -0.520. The van der Waals surface area contributed by atoms with Gasteiger partial charge in [0.25, 0.3) is 9.05 Å². The molecule has 0 bridgehead atoms. The number of rotatable bonds is 4. The van der Waals surface area contributed by atoms with E-state index in [0.29, 0.717) is 18.8 Å². The van der Waals surface area contributed by atoms with Gasteiger partial charge in [-0.05, 0) is 0 Å². The van der Waals surface area contributed by atoms with Crippen LogP contribution in [0.5, 0.6) is 0 Å². The van der Waals surface area contributed by atoms with E-state index < -0.39 is 9.05 Å². The van der Waals surface area contributed by atoms with Crippen molar-refractivity contribution in [3.63, 3.8) is 0 Å². The summed E-state index contributed by atoms with van der Waals surface area (Å²) in [5.41, 5.74) is 1.37. The van der Waals surface area contributed by atoms with Crippen LogP contribution in [0.25, 0.3) is 0 Å². The van der Waals surface area contributed by atoms with Crippen molar-refractivity contribution >= 4 is 31.3 Å². The second-order valence-electron chi connectivity index (χ2n) is 2.80. The normalized spacial score (nSPS) is 12.5. The average Bonchev–Trinajstić information content (AvgIpc) is 2.57. The maximum Gasteiger partial charge on any atom is 0.280 e. The van der Waals surface area contributed by atoms with Crippen molar-refractivity contribution < 1.29 is 8.42 Å². The highest BCUT2D eigenvalue weighted by molar-refractivity contribution is 8.13. The summed E-state index contributed by atoms with van der Waals surface area (Å²) in [6.45, 7) is 2.36. The first kappa shape index (κ1) is 12.5. The van der Waals surface area contributed by atoms with E-state index in [9.17, 15) is 8.42 Å². The highest BCUT2D eigenvalue weighted by Crippen LogP contribution is 2.14. The molecule has 0 aliphatic carbocycles. The average molecular weight is 269 g/mol.